The van der Waals surface area contributed by atoms with Crippen LogP contribution in [0.5, 0.6) is 0 Å². The normalized spacial score (nSPS) is 25.4. The topological polar surface area (TPSA) is 74.6 Å². The highest BCUT2D eigenvalue weighted by atomic mass is 16.5. The minimum atomic E-state index is -0.593. The van der Waals surface area contributed by atoms with Gasteiger partial charge in [0.25, 0.3) is 5.56 Å². The van der Waals surface area contributed by atoms with Gasteiger partial charge in [-0.15, -0.1) is 0 Å². The molecule has 27 heavy (non-hydrogen) atoms. The van der Waals surface area contributed by atoms with Crippen LogP contribution in [0.2, 0.25) is 0 Å². The van der Waals surface area contributed by atoms with Crippen molar-refractivity contribution in [3.8, 4) is 0 Å². The second-order valence-corrected chi connectivity index (χ2v) is 7.31. The number of benzene rings is 1. The van der Waals surface area contributed by atoms with Crippen LogP contribution in [0.4, 0.5) is 0 Å². The largest absolute Gasteiger partial charge is 0.460 e. The van der Waals surface area contributed by atoms with Crippen molar-refractivity contribution < 1.29 is 19.1 Å². The maximum atomic E-state index is 13.1. The molecule has 0 fully saturated rings. The lowest BCUT2D eigenvalue weighted by Gasteiger charge is -2.34. The quantitative estimate of drug-likeness (QED) is 0.765. The molecule has 0 radical (unpaired) electrons. The number of cyclic esters (lactones) is 2. The molecule has 0 bridgehead atoms. The SMILES string of the molecule is CCC1C(=O)OCc2c1c1c3n(c2=O)CCC3C(c2ccccc2)OC1=O. The maximum Gasteiger partial charge on any atom is 0.340 e. The monoisotopic (exact) mass is 365 g/mol. The van der Waals surface area contributed by atoms with E-state index in [1.807, 2.05) is 37.3 Å². The fourth-order valence-electron chi connectivity index (χ4n) is 4.79. The van der Waals surface area contributed by atoms with Gasteiger partial charge in [0, 0.05) is 18.2 Å². The zero-order chi connectivity index (χ0) is 18.7. The molecular weight excluding hydrogens is 346 g/mol. The first-order valence-corrected chi connectivity index (χ1v) is 9.33. The van der Waals surface area contributed by atoms with Gasteiger partial charge in [-0.2, -0.15) is 0 Å². The standard InChI is InChI=1S/C21H19NO5/c1-2-12-15-14(10-26-20(12)24)19(23)22-9-8-13-17(22)16(15)21(25)27-18(13)11-6-4-3-5-7-11/h3-7,12-13,18H,2,8-10H2,1H3. The Bertz CT molecular complexity index is 1020. The van der Waals surface area contributed by atoms with Gasteiger partial charge in [-0.05, 0) is 24.0 Å². The van der Waals surface area contributed by atoms with Crippen LogP contribution in [0.1, 0.15) is 70.4 Å². The lowest BCUT2D eigenvalue weighted by molar-refractivity contribution is -0.148. The van der Waals surface area contributed by atoms with Crippen LogP contribution in [-0.2, 0) is 27.4 Å². The van der Waals surface area contributed by atoms with Gasteiger partial charge in [-0.1, -0.05) is 37.3 Å². The van der Waals surface area contributed by atoms with E-state index < -0.39 is 18.0 Å². The van der Waals surface area contributed by atoms with E-state index >= 15 is 0 Å². The fourth-order valence-corrected chi connectivity index (χ4v) is 4.79. The third-order valence-corrected chi connectivity index (χ3v) is 5.99. The Balaban J connectivity index is 1.77. The average Bonchev–Trinajstić information content (AvgIpc) is 3.12. The molecule has 0 N–H and O–H groups in total. The van der Waals surface area contributed by atoms with Crippen LogP contribution in [0, 0.1) is 0 Å². The van der Waals surface area contributed by atoms with Crippen LogP contribution in [-0.4, -0.2) is 16.5 Å². The number of hydrogen-bond acceptors (Lipinski definition) is 5. The smallest absolute Gasteiger partial charge is 0.340 e. The van der Waals surface area contributed by atoms with Crippen molar-refractivity contribution >= 4 is 11.9 Å². The average molecular weight is 365 g/mol. The summed E-state index contributed by atoms with van der Waals surface area (Å²) in [6, 6.07) is 9.62. The van der Waals surface area contributed by atoms with E-state index in [4.69, 9.17) is 9.47 Å². The summed E-state index contributed by atoms with van der Waals surface area (Å²) >= 11 is 0. The van der Waals surface area contributed by atoms with Gasteiger partial charge in [0.05, 0.1) is 17.0 Å². The van der Waals surface area contributed by atoms with Crippen LogP contribution >= 0.6 is 0 Å². The summed E-state index contributed by atoms with van der Waals surface area (Å²) in [5.74, 6) is -1.49. The Labute approximate surface area is 155 Å². The van der Waals surface area contributed by atoms with Gasteiger partial charge in [-0.25, -0.2) is 4.79 Å². The van der Waals surface area contributed by atoms with E-state index in [0.29, 0.717) is 29.7 Å². The highest BCUT2D eigenvalue weighted by Gasteiger charge is 2.47. The highest BCUT2D eigenvalue weighted by molar-refractivity contribution is 5.97. The van der Waals surface area contributed by atoms with Crippen molar-refractivity contribution in [3.63, 3.8) is 0 Å². The summed E-state index contributed by atoms with van der Waals surface area (Å²) in [4.78, 5) is 38.4. The maximum absolute atomic E-state index is 13.1. The lowest BCUT2D eigenvalue weighted by atomic mass is 9.81. The molecule has 3 atom stereocenters. The van der Waals surface area contributed by atoms with Crippen LogP contribution in [0.15, 0.2) is 35.1 Å². The number of esters is 2. The molecule has 0 saturated heterocycles. The molecule has 3 unspecified atom stereocenters. The number of pyridine rings is 1. The minimum Gasteiger partial charge on any atom is -0.460 e. The summed E-state index contributed by atoms with van der Waals surface area (Å²) in [6.45, 7) is 2.33. The van der Waals surface area contributed by atoms with Gasteiger partial charge < -0.3 is 14.0 Å². The molecule has 0 spiro atoms. The Morgan fingerprint density at radius 2 is 1.93 bits per heavy atom. The second-order valence-electron chi connectivity index (χ2n) is 7.31. The lowest BCUT2D eigenvalue weighted by Crippen LogP contribution is -2.38. The number of aromatic nitrogens is 1. The van der Waals surface area contributed by atoms with Crippen molar-refractivity contribution in [2.24, 2.45) is 0 Å². The van der Waals surface area contributed by atoms with Crippen LogP contribution in [0.25, 0.3) is 0 Å². The van der Waals surface area contributed by atoms with Crippen molar-refractivity contribution in [2.45, 2.75) is 50.9 Å². The second kappa shape index (κ2) is 5.81. The van der Waals surface area contributed by atoms with Gasteiger partial charge >= 0.3 is 11.9 Å². The highest BCUT2D eigenvalue weighted by Crippen LogP contribution is 2.48. The molecule has 4 heterocycles. The molecule has 0 amide bonds. The predicted octanol–water partition coefficient (Wildman–Crippen LogP) is 2.80. The molecule has 3 aliphatic heterocycles. The number of ether oxygens (including phenoxy) is 2. The van der Waals surface area contributed by atoms with Crippen LogP contribution < -0.4 is 5.56 Å². The van der Waals surface area contributed by atoms with Crippen molar-refractivity contribution in [3.05, 3.63) is 68.6 Å². The number of rotatable bonds is 2. The molecule has 1 aromatic carbocycles. The number of nitrogens with zero attached hydrogens (tertiary/aromatic N) is 1. The third-order valence-electron chi connectivity index (χ3n) is 5.99. The summed E-state index contributed by atoms with van der Waals surface area (Å²) < 4.78 is 12.8. The van der Waals surface area contributed by atoms with Crippen molar-refractivity contribution in [1.82, 2.24) is 4.57 Å². The first-order chi connectivity index (χ1) is 13.1. The van der Waals surface area contributed by atoms with Gasteiger partial charge in [0.1, 0.15) is 12.7 Å². The summed E-state index contributed by atoms with van der Waals surface area (Å²) in [7, 11) is 0. The molecule has 138 valence electrons. The van der Waals surface area contributed by atoms with E-state index in [1.54, 1.807) is 4.57 Å². The minimum absolute atomic E-state index is 0.0726. The number of hydrogen-bond donors (Lipinski definition) is 0. The number of fused-ring (bicyclic) bond motifs is 2. The molecule has 0 aliphatic carbocycles. The molecule has 3 aliphatic rings. The van der Waals surface area contributed by atoms with Gasteiger partial charge in [0.2, 0.25) is 0 Å². The molecule has 6 nitrogen and oxygen atoms in total. The van der Waals surface area contributed by atoms with E-state index in [2.05, 4.69) is 0 Å². The van der Waals surface area contributed by atoms with Crippen molar-refractivity contribution in [1.29, 1.82) is 0 Å². The van der Waals surface area contributed by atoms with Crippen molar-refractivity contribution in [2.75, 3.05) is 0 Å². The summed E-state index contributed by atoms with van der Waals surface area (Å²) in [5.41, 5.74) is 2.90. The molecule has 6 heteroatoms. The molecule has 0 saturated carbocycles. The Morgan fingerprint density at radius 1 is 1.15 bits per heavy atom. The number of carbonyl (C=O) groups is 2. The van der Waals surface area contributed by atoms with E-state index in [-0.39, 0.29) is 24.1 Å². The zero-order valence-corrected chi connectivity index (χ0v) is 14.9. The summed E-state index contributed by atoms with van der Waals surface area (Å²) in [5, 5.41) is 0. The first kappa shape index (κ1) is 16.3. The molecule has 5 rings (SSSR count). The molecule has 1 aromatic heterocycles. The van der Waals surface area contributed by atoms with Crippen LogP contribution in [0.3, 0.4) is 0 Å². The first-order valence-electron chi connectivity index (χ1n) is 9.33. The van der Waals surface area contributed by atoms with Gasteiger partial charge in [0.15, 0.2) is 0 Å². The fraction of sp³-hybridized carbons (Fsp3) is 0.381. The Morgan fingerprint density at radius 3 is 2.67 bits per heavy atom. The van der Waals surface area contributed by atoms with E-state index in [9.17, 15) is 14.4 Å². The Kier molecular flexibility index (Phi) is 3.50. The Hall–Kier alpha value is -2.89. The molecule has 2 aromatic rings. The van der Waals surface area contributed by atoms with Gasteiger partial charge in [-0.3, -0.25) is 9.59 Å². The molecular formula is C21H19NO5. The van der Waals surface area contributed by atoms with E-state index in [1.165, 1.54) is 0 Å². The van der Waals surface area contributed by atoms with E-state index in [0.717, 1.165) is 17.7 Å². The zero-order valence-electron chi connectivity index (χ0n) is 14.9. The number of carbonyl (C=O) groups excluding carboxylic acids is 2. The predicted molar refractivity (Wildman–Crippen MR) is 95.5 cm³/mol. The summed E-state index contributed by atoms with van der Waals surface area (Å²) in [6.07, 6.45) is 0.791. The third kappa shape index (κ3) is 2.16.